The SMILES string of the molecule is CCCc1nnsc1C(=O)N[C@H](c1ccsc1)c1cccs1. The zero-order valence-electron chi connectivity index (χ0n) is 12.0. The Morgan fingerprint density at radius 2 is 2.27 bits per heavy atom. The molecule has 0 saturated heterocycles. The number of rotatable bonds is 6. The summed E-state index contributed by atoms with van der Waals surface area (Å²) in [5, 5.41) is 13.3. The average Bonchev–Trinajstić information content (AvgIpc) is 3.26. The Hall–Kier alpha value is -1.57. The summed E-state index contributed by atoms with van der Waals surface area (Å²) in [6.45, 7) is 2.07. The lowest BCUT2D eigenvalue weighted by Gasteiger charge is -2.16. The molecule has 0 aliphatic carbocycles. The quantitative estimate of drug-likeness (QED) is 0.728. The van der Waals surface area contributed by atoms with Gasteiger partial charge in [0.05, 0.1) is 11.7 Å². The van der Waals surface area contributed by atoms with Gasteiger partial charge < -0.3 is 5.32 Å². The highest BCUT2D eigenvalue weighted by molar-refractivity contribution is 7.10. The predicted octanol–water partition coefficient (Wildman–Crippen LogP) is 4.13. The van der Waals surface area contributed by atoms with Crippen molar-refractivity contribution in [3.05, 3.63) is 55.4 Å². The monoisotopic (exact) mass is 349 g/mol. The molecule has 3 heterocycles. The molecule has 0 bridgehead atoms. The molecule has 1 atom stereocenters. The zero-order valence-corrected chi connectivity index (χ0v) is 14.4. The van der Waals surface area contributed by atoms with Crippen LogP contribution in [-0.2, 0) is 6.42 Å². The smallest absolute Gasteiger partial charge is 0.265 e. The molecule has 0 spiro atoms. The lowest BCUT2D eigenvalue weighted by Crippen LogP contribution is -2.28. The van der Waals surface area contributed by atoms with Gasteiger partial charge in [0.25, 0.3) is 5.91 Å². The van der Waals surface area contributed by atoms with Crippen molar-refractivity contribution in [3.63, 3.8) is 0 Å². The van der Waals surface area contributed by atoms with Gasteiger partial charge in [-0.2, -0.15) is 11.3 Å². The van der Waals surface area contributed by atoms with Crippen LogP contribution in [0.3, 0.4) is 0 Å². The number of aryl methyl sites for hydroxylation is 1. The van der Waals surface area contributed by atoms with Crippen molar-refractivity contribution >= 4 is 40.1 Å². The van der Waals surface area contributed by atoms with E-state index in [0.717, 1.165) is 29.0 Å². The fourth-order valence-electron chi connectivity index (χ4n) is 2.19. The molecular weight excluding hydrogens is 334 g/mol. The summed E-state index contributed by atoms with van der Waals surface area (Å²) in [6.07, 6.45) is 1.73. The third kappa shape index (κ3) is 3.26. The van der Waals surface area contributed by atoms with Gasteiger partial charge in [0.1, 0.15) is 4.88 Å². The van der Waals surface area contributed by atoms with Gasteiger partial charge in [-0.25, -0.2) is 0 Å². The van der Waals surface area contributed by atoms with Gasteiger partial charge in [0.2, 0.25) is 0 Å². The Morgan fingerprint density at radius 3 is 2.95 bits per heavy atom. The molecule has 0 aromatic carbocycles. The lowest BCUT2D eigenvalue weighted by atomic mass is 10.1. The van der Waals surface area contributed by atoms with Crippen molar-refractivity contribution in [3.8, 4) is 0 Å². The van der Waals surface area contributed by atoms with E-state index >= 15 is 0 Å². The maximum atomic E-state index is 12.6. The van der Waals surface area contributed by atoms with Gasteiger partial charge in [-0.1, -0.05) is 23.9 Å². The third-order valence-electron chi connectivity index (χ3n) is 3.23. The molecule has 0 fully saturated rings. The summed E-state index contributed by atoms with van der Waals surface area (Å²) in [5.74, 6) is -0.0944. The molecule has 4 nitrogen and oxygen atoms in total. The number of carbonyl (C=O) groups is 1. The van der Waals surface area contributed by atoms with Crippen LogP contribution in [0.25, 0.3) is 0 Å². The van der Waals surface area contributed by atoms with Crippen LogP contribution in [0.5, 0.6) is 0 Å². The van der Waals surface area contributed by atoms with E-state index in [9.17, 15) is 4.79 Å². The van der Waals surface area contributed by atoms with E-state index < -0.39 is 0 Å². The summed E-state index contributed by atoms with van der Waals surface area (Å²) < 4.78 is 3.93. The van der Waals surface area contributed by atoms with Crippen LogP contribution < -0.4 is 5.32 Å². The number of hydrogen-bond acceptors (Lipinski definition) is 6. The van der Waals surface area contributed by atoms with E-state index in [2.05, 4.69) is 27.2 Å². The van der Waals surface area contributed by atoms with Crippen molar-refractivity contribution in [2.75, 3.05) is 0 Å². The van der Waals surface area contributed by atoms with E-state index in [-0.39, 0.29) is 11.9 Å². The second-order valence-electron chi connectivity index (χ2n) is 4.78. The van der Waals surface area contributed by atoms with Gasteiger partial charge in [-0.15, -0.1) is 16.4 Å². The minimum Gasteiger partial charge on any atom is -0.339 e. The number of hydrogen-bond donors (Lipinski definition) is 1. The molecule has 0 unspecified atom stereocenters. The fourth-order valence-corrected chi connectivity index (χ4v) is 4.29. The molecule has 0 aliphatic heterocycles. The Bertz CT molecular complexity index is 685. The van der Waals surface area contributed by atoms with E-state index in [1.54, 1.807) is 22.7 Å². The van der Waals surface area contributed by atoms with Crippen LogP contribution in [0.1, 0.15) is 45.2 Å². The van der Waals surface area contributed by atoms with Gasteiger partial charge in [0, 0.05) is 4.88 Å². The van der Waals surface area contributed by atoms with E-state index in [0.29, 0.717) is 4.88 Å². The van der Waals surface area contributed by atoms with Gasteiger partial charge in [-0.05, 0) is 51.8 Å². The minimum absolute atomic E-state index is 0.0944. The Labute approximate surface area is 141 Å². The third-order valence-corrected chi connectivity index (χ3v) is 5.63. The fraction of sp³-hybridized carbons (Fsp3) is 0.267. The summed E-state index contributed by atoms with van der Waals surface area (Å²) >= 11 is 4.44. The van der Waals surface area contributed by atoms with Crippen LogP contribution in [0.4, 0.5) is 0 Å². The maximum Gasteiger partial charge on any atom is 0.265 e. The highest BCUT2D eigenvalue weighted by atomic mass is 32.1. The number of aromatic nitrogens is 2. The first-order valence-corrected chi connectivity index (χ1v) is 9.56. The number of amides is 1. The molecular formula is C15H15N3OS3. The molecule has 114 valence electrons. The molecule has 7 heteroatoms. The second-order valence-corrected chi connectivity index (χ2v) is 7.29. The molecule has 3 rings (SSSR count). The predicted molar refractivity (Wildman–Crippen MR) is 91.9 cm³/mol. The Kier molecular flexibility index (Phi) is 4.97. The van der Waals surface area contributed by atoms with Gasteiger partial charge in [-0.3, -0.25) is 4.79 Å². The summed E-state index contributed by atoms with van der Waals surface area (Å²) in [4.78, 5) is 14.4. The molecule has 0 aliphatic rings. The van der Waals surface area contributed by atoms with Crippen molar-refractivity contribution in [2.45, 2.75) is 25.8 Å². The van der Waals surface area contributed by atoms with Crippen molar-refractivity contribution in [1.82, 2.24) is 14.9 Å². The Balaban J connectivity index is 1.84. The number of carbonyl (C=O) groups excluding carboxylic acids is 1. The summed E-state index contributed by atoms with van der Waals surface area (Å²) in [6, 6.07) is 5.98. The first-order valence-electron chi connectivity index (χ1n) is 6.97. The second kappa shape index (κ2) is 7.13. The highest BCUT2D eigenvalue weighted by Crippen LogP contribution is 2.28. The van der Waals surface area contributed by atoms with Crippen LogP contribution in [0.15, 0.2) is 34.3 Å². The average molecular weight is 350 g/mol. The maximum absolute atomic E-state index is 12.6. The van der Waals surface area contributed by atoms with Crippen LogP contribution >= 0.6 is 34.2 Å². The Morgan fingerprint density at radius 1 is 1.36 bits per heavy atom. The largest absolute Gasteiger partial charge is 0.339 e. The van der Waals surface area contributed by atoms with Crippen molar-refractivity contribution < 1.29 is 4.79 Å². The molecule has 0 saturated carbocycles. The first kappa shape index (κ1) is 15.3. The van der Waals surface area contributed by atoms with Crippen LogP contribution in [-0.4, -0.2) is 15.5 Å². The zero-order chi connectivity index (χ0) is 15.4. The summed E-state index contributed by atoms with van der Waals surface area (Å²) in [7, 11) is 0. The lowest BCUT2D eigenvalue weighted by molar-refractivity contribution is 0.0946. The van der Waals surface area contributed by atoms with E-state index in [4.69, 9.17) is 0 Å². The van der Waals surface area contributed by atoms with Crippen LogP contribution in [0.2, 0.25) is 0 Å². The molecule has 3 aromatic heterocycles. The molecule has 22 heavy (non-hydrogen) atoms. The van der Waals surface area contributed by atoms with Gasteiger partial charge in [0.15, 0.2) is 0 Å². The minimum atomic E-state index is -0.115. The summed E-state index contributed by atoms with van der Waals surface area (Å²) in [5.41, 5.74) is 1.90. The van der Waals surface area contributed by atoms with E-state index in [1.807, 2.05) is 29.0 Å². The first-order chi connectivity index (χ1) is 10.8. The molecule has 1 N–H and O–H groups in total. The van der Waals surface area contributed by atoms with Crippen LogP contribution in [0, 0.1) is 0 Å². The van der Waals surface area contributed by atoms with Gasteiger partial charge >= 0.3 is 0 Å². The number of nitrogens with one attached hydrogen (secondary N) is 1. The molecule has 0 radical (unpaired) electrons. The highest BCUT2D eigenvalue weighted by Gasteiger charge is 2.22. The molecule has 1 amide bonds. The van der Waals surface area contributed by atoms with Crippen molar-refractivity contribution in [2.24, 2.45) is 0 Å². The number of nitrogens with zero attached hydrogens (tertiary/aromatic N) is 2. The normalized spacial score (nSPS) is 12.2. The topological polar surface area (TPSA) is 54.9 Å². The molecule has 3 aromatic rings. The number of thiophene rings is 2. The standard InChI is InChI=1S/C15H15N3OS3/c1-2-4-11-14(22-18-17-11)15(19)16-13(10-6-8-20-9-10)12-5-3-7-21-12/h3,5-9,13H,2,4H2,1H3,(H,16,19)/t13-/m1/s1. The van der Waals surface area contributed by atoms with Crippen molar-refractivity contribution in [1.29, 1.82) is 0 Å². The van der Waals surface area contributed by atoms with E-state index in [1.165, 1.54) is 11.5 Å².